The van der Waals surface area contributed by atoms with Crippen LogP contribution in [0.3, 0.4) is 0 Å². The molecular formula is C37H50N10O5. The predicted octanol–water partition coefficient (Wildman–Crippen LogP) is 4.69. The Kier molecular flexibility index (Phi) is 12.1. The molecule has 0 bridgehead atoms. The number of pyridine rings is 2. The zero-order valence-electron chi connectivity index (χ0n) is 30.3. The third-order valence-corrected chi connectivity index (χ3v) is 9.63. The Balaban J connectivity index is 0.000000181. The van der Waals surface area contributed by atoms with Crippen molar-refractivity contribution in [2.45, 2.75) is 77.0 Å². The number of hydrogen-bond donors (Lipinski definition) is 4. The van der Waals surface area contributed by atoms with Gasteiger partial charge in [-0.3, -0.25) is 20.2 Å². The van der Waals surface area contributed by atoms with Crippen molar-refractivity contribution in [1.82, 2.24) is 29.5 Å². The standard InChI is InChI=1S/C20H27N5O3.C17H23N5O2/c1-13-10-17(21)18(20(24-13)28-16-4-8-27-9-5-16)19(22)14-11-23-25(12-14)15-2-6-26-7-3-15;1-3-12-8-14(18)15(17(21-12)23-2)16(19)11-9-20-22(10-11)13-4-6-24-7-5-13/h10-12,15-16,22H,2-9H2,1H3,(H2,21,24);8-10,13,19H,3-7H2,1-2H3,(H2,18,21). The zero-order chi connectivity index (χ0) is 36.6. The first kappa shape index (κ1) is 36.9. The molecule has 4 aromatic heterocycles. The molecule has 0 aliphatic carbocycles. The van der Waals surface area contributed by atoms with Crippen LogP contribution >= 0.6 is 0 Å². The lowest BCUT2D eigenvalue weighted by atomic mass is 10.0. The molecule has 6 N–H and O–H groups in total. The van der Waals surface area contributed by atoms with E-state index in [1.807, 2.05) is 35.6 Å². The third kappa shape index (κ3) is 8.60. The first-order chi connectivity index (χ1) is 25.2. The number of nitrogens with two attached hydrogens (primary N) is 2. The summed E-state index contributed by atoms with van der Waals surface area (Å²) in [5, 5.41) is 26.2. The number of aryl methyl sites for hydroxylation is 2. The first-order valence-corrected chi connectivity index (χ1v) is 18.0. The lowest BCUT2D eigenvalue weighted by molar-refractivity contribution is 0.0236. The molecule has 4 aromatic rings. The molecule has 3 saturated heterocycles. The summed E-state index contributed by atoms with van der Waals surface area (Å²) in [4.78, 5) is 8.97. The molecular weight excluding hydrogens is 664 g/mol. The Hall–Kier alpha value is -4.86. The van der Waals surface area contributed by atoms with Gasteiger partial charge in [0.25, 0.3) is 0 Å². The zero-order valence-corrected chi connectivity index (χ0v) is 30.3. The molecule has 3 fully saturated rings. The predicted molar refractivity (Wildman–Crippen MR) is 197 cm³/mol. The Morgan fingerprint density at radius 3 is 1.73 bits per heavy atom. The van der Waals surface area contributed by atoms with Crippen LogP contribution in [0, 0.1) is 17.7 Å². The summed E-state index contributed by atoms with van der Waals surface area (Å²) in [7, 11) is 1.55. The topological polar surface area (TPSA) is 207 Å². The van der Waals surface area contributed by atoms with Crippen LogP contribution in [0.2, 0.25) is 0 Å². The van der Waals surface area contributed by atoms with E-state index in [0.29, 0.717) is 70.7 Å². The van der Waals surface area contributed by atoms with E-state index < -0.39 is 0 Å². The number of nitrogens with one attached hydrogen (secondary N) is 2. The maximum Gasteiger partial charge on any atom is 0.225 e. The van der Waals surface area contributed by atoms with Gasteiger partial charge in [0.2, 0.25) is 11.8 Å². The van der Waals surface area contributed by atoms with E-state index in [0.717, 1.165) is 82.8 Å². The van der Waals surface area contributed by atoms with Gasteiger partial charge in [0.05, 0.1) is 67.4 Å². The Morgan fingerprint density at radius 1 is 0.750 bits per heavy atom. The van der Waals surface area contributed by atoms with Crippen LogP contribution in [0.15, 0.2) is 36.9 Å². The van der Waals surface area contributed by atoms with Crippen LogP contribution in [-0.2, 0) is 20.6 Å². The van der Waals surface area contributed by atoms with Crippen LogP contribution in [-0.4, -0.2) is 93.8 Å². The molecule has 7 heterocycles. The number of ether oxygens (including phenoxy) is 5. The fourth-order valence-electron chi connectivity index (χ4n) is 6.65. The van der Waals surface area contributed by atoms with Crippen LogP contribution in [0.4, 0.5) is 11.4 Å². The fraction of sp³-hybridized carbons (Fsp3) is 0.514. The maximum atomic E-state index is 8.76. The smallest absolute Gasteiger partial charge is 0.225 e. The lowest BCUT2D eigenvalue weighted by Gasteiger charge is -2.24. The maximum absolute atomic E-state index is 8.76. The van der Waals surface area contributed by atoms with E-state index in [1.54, 1.807) is 31.6 Å². The highest BCUT2D eigenvalue weighted by molar-refractivity contribution is 6.15. The molecule has 7 rings (SSSR count). The number of nitrogens with zero attached hydrogens (tertiary/aromatic N) is 6. The highest BCUT2D eigenvalue weighted by Crippen LogP contribution is 2.30. The van der Waals surface area contributed by atoms with Gasteiger partial charge in [-0.25, -0.2) is 9.97 Å². The van der Waals surface area contributed by atoms with Crippen LogP contribution in [0.5, 0.6) is 11.8 Å². The summed E-state index contributed by atoms with van der Waals surface area (Å²) in [6.45, 7) is 8.23. The summed E-state index contributed by atoms with van der Waals surface area (Å²) in [5.41, 5.74) is 18.1. The average molecular weight is 715 g/mol. The van der Waals surface area contributed by atoms with E-state index in [-0.39, 0.29) is 17.5 Å². The molecule has 0 spiro atoms. The number of nitrogen functional groups attached to an aromatic ring is 2. The normalized spacial score (nSPS) is 17.3. The second-order valence-electron chi connectivity index (χ2n) is 13.3. The van der Waals surface area contributed by atoms with Gasteiger partial charge in [-0.15, -0.1) is 0 Å². The van der Waals surface area contributed by atoms with Crippen molar-refractivity contribution < 1.29 is 23.7 Å². The lowest BCUT2D eigenvalue weighted by Crippen LogP contribution is -2.27. The molecule has 0 amide bonds. The van der Waals surface area contributed by atoms with Gasteiger partial charge in [-0.1, -0.05) is 6.92 Å². The summed E-state index contributed by atoms with van der Waals surface area (Å²) in [5.74, 6) is 0.809. The molecule has 0 aromatic carbocycles. The molecule has 15 nitrogen and oxygen atoms in total. The Labute approximate surface area is 304 Å². The van der Waals surface area contributed by atoms with Gasteiger partial charge in [0.15, 0.2) is 0 Å². The molecule has 0 saturated carbocycles. The van der Waals surface area contributed by atoms with Crippen molar-refractivity contribution >= 4 is 22.8 Å². The van der Waals surface area contributed by atoms with Gasteiger partial charge in [-0.2, -0.15) is 10.2 Å². The monoisotopic (exact) mass is 714 g/mol. The van der Waals surface area contributed by atoms with Crippen molar-refractivity contribution in [1.29, 1.82) is 10.8 Å². The Bertz CT molecular complexity index is 1840. The third-order valence-electron chi connectivity index (χ3n) is 9.63. The molecule has 52 heavy (non-hydrogen) atoms. The van der Waals surface area contributed by atoms with Crippen LogP contribution in [0.1, 0.15) is 91.2 Å². The second kappa shape index (κ2) is 17.1. The largest absolute Gasteiger partial charge is 0.480 e. The fourth-order valence-corrected chi connectivity index (χ4v) is 6.65. The summed E-state index contributed by atoms with van der Waals surface area (Å²) < 4.78 is 31.6. The van der Waals surface area contributed by atoms with Gasteiger partial charge in [-0.05, 0) is 51.2 Å². The van der Waals surface area contributed by atoms with Crippen molar-refractivity contribution in [3.05, 3.63) is 70.6 Å². The van der Waals surface area contributed by atoms with Gasteiger partial charge < -0.3 is 35.2 Å². The van der Waals surface area contributed by atoms with Crippen molar-refractivity contribution in [2.75, 3.05) is 58.2 Å². The number of hydrogen-bond acceptors (Lipinski definition) is 13. The van der Waals surface area contributed by atoms with Crippen molar-refractivity contribution in [3.8, 4) is 11.8 Å². The second-order valence-corrected chi connectivity index (χ2v) is 13.3. The van der Waals surface area contributed by atoms with Gasteiger partial charge in [0, 0.05) is 85.6 Å². The van der Waals surface area contributed by atoms with E-state index in [9.17, 15) is 0 Å². The molecule has 0 atom stereocenters. The van der Waals surface area contributed by atoms with E-state index in [4.69, 9.17) is 46.0 Å². The summed E-state index contributed by atoms with van der Waals surface area (Å²) >= 11 is 0. The number of methoxy groups -OCH3 is 1. The summed E-state index contributed by atoms with van der Waals surface area (Å²) in [6, 6.07) is 4.21. The Morgan fingerprint density at radius 2 is 1.23 bits per heavy atom. The van der Waals surface area contributed by atoms with Crippen LogP contribution in [0.25, 0.3) is 0 Å². The molecule has 3 aliphatic rings. The van der Waals surface area contributed by atoms with E-state index in [1.165, 1.54) is 0 Å². The SMILES string of the molecule is CCc1cc(N)c(C(=N)c2cnn(C3CCOCC3)c2)c(OC)n1.Cc1cc(N)c(C(=N)c2cnn(C3CCOCC3)c2)c(OC2CCOCC2)n1. The molecule has 0 unspecified atom stereocenters. The minimum absolute atomic E-state index is 0.0268. The average Bonchev–Trinajstić information content (AvgIpc) is 3.87. The number of aromatic nitrogens is 6. The highest BCUT2D eigenvalue weighted by Gasteiger charge is 2.25. The van der Waals surface area contributed by atoms with E-state index in [2.05, 4.69) is 20.2 Å². The summed E-state index contributed by atoms with van der Waals surface area (Å²) in [6.07, 6.45) is 13.4. The quantitative estimate of drug-likeness (QED) is 0.166. The van der Waals surface area contributed by atoms with Crippen molar-refractivity contribution in [2.24, 2.45) is 0 Å². The first-order valence-electron chi connectivity index (χ1n) is 18.0. The van der Waals surface area contributed by atoms with Crippen LogP contribution < -0.4 is 20.9 Å². The van der Waals surface area contributed by atoms with Gasteiger partial charge in [0.1, 0.15) is 6.10 Å². The van der Waals surface area contributed by atoms with E-state index >= 15 is 0 Å². The molecule has 0 radical (unpaired) electrons. The van der Waals surface area contributed by atoms with Crippen molar-refractivity contribution in [3.63, 3.8) is 0 Å². The van der Waals surface area contributed by atoms with Gasteiger partial charge >= 0.3 is 0 Å². The molecule has 15 heteroatoms. The highest BCUT2D eigenvalue weighted by atomic mass is 16.5. The molecule has 3 aliphatic heterocycles. The number of anilines is 2. The minimum atomic E-state index is 0.0268. The number of rotatable bonds is 10. The minimum Gasteiger partial charge on any atom is -0.480 e. The molecule has 278 valence electrons.